The molecule has 1 aromatic carbocycles. The molecular formula is C11H8O2. The first-order valence-electron chi connectivity index (χ1n) is 3.70. The van der Waals surface area contributed by atoms with Crippen LogP contribution in [0, 0.1) is 12.3 Å². The largest absolute Gasteiger partial charge is 0.478 e. The Morgan fingerprint density at radius 3 is 2.77 bits per heavy atom. The van der Waals surface area contributed by atoms with Crippen molar-refractivity contribution < 1.29 is 9.90 Å². The third-order valence-corrected chi connectivity index (χ3v) is 1.52. The highest BCUT2D eigenvalue weighted by Gasteiger charge is 1.94. The van der Waals surface area contributed by atoms with Crippen molar-refractivity contribution in [2.45, 2.75) is 0 Å². The summed E-state index contributed by atoms with van der Waals surface area (Å²) in [5.41, 5.74) is 1.44. The van der Waals surface area contributed by atoms with E-state index in [1.807, 2.05) is 12.1 Å². The van der Waals surface area contributed by atoms with Gasteiger partial charge in [-0.25, -0.2) is 4.79 Å². The zero-order valence-electron chi connectivity index (χ0n) is 6.90. The van der Waals surface area contributed by atoms with Gasteiger partial charge in [0.25, 0.3) is 0 Å². The third kappa shape index (κ3) is 2.49. The number of rotatable bonds is 2. The molecule has 0 fully saturated rings. The second-order valence-electron chi connectivity index (χ2n) is 2.40. The molecule has 1 aromatic rings. The average molecular weight is 172 g/mol. The summed E-state index contributed by atoms with van der Waals surface area (Å²) in [5.74, 6) is 1.50. The van der Waals surface area contributed by atoms with Crippen LogP contribution in [0.1, 0.15) is 11.1 Å². The van der Waals surface area contributed by atoms with Crippen LogP contribution in [0.15, 0.2) is 30.3 Å². The van der Waals surface area contributed by atoms with Crippen LogP contribution in [0.3, 0.4) is 0 Å². The summed E-state index contributed by atoms with van der Waals surface area (Å²) < 4.78 is 0. The monoisotopic (exact) mass is 172 g/mol. The van der Waals surface area contributed by atoms with Gasteiger partial charge >= 0.3 is 5.97 Å². The van der Waals surface area contributed by atoms with E-state index >= 15 is 0 Å². The number of terminal acetylenes is 1. The Morgan fingerprint density at radius 1 is 1.46 bits per heavy atom. The molecule has 2 nitrogen and oxygen atoms in total. The molecule has 0 aliphatic heterocycles. The van der Waals surface area contributed by atoms with Gasteiger partial charge in [0.1, 0.15) is 0 Å². The number of carbonyl (C=O) groups is 1. The number of benzene rings is 1. The predicted molar refractivity (Wildman–Crippen MR) is 51.0 cm³/mol. The highest BCUT2D eigenvalue weighted by Crippen LogP contribution is 2.08. The van der Waals surface area contributed by atoms with E-state index in [1.54, 1.807) is 12.1 Å². The summed E-state index contributed by atoms with van der Waals surface area (Å²) in [6, 6.07) is 7.16. The number of aliphatic carboxylic acids is 1. The fourth-order valence-electron chi connectivity index (χ4n) is 0.935. The van der Waals surface area contributed by atoms with Gasteiger partial charge in [0.05, 0.1) is 0 Å². The quantitative estimate of drug-likeness (QED) is 0.545. The molecule has 0 unspecified atom stereocenters. The number of carboxylic acids is 1. The van der Waals surface area contributed by atoms with E-state index in [1.165, 1.54) is 6.08 Å². The SMILES string of the molecule is C#Cc1ccccc1C=CC(=O)O. The minimum atomic E-state index is -0.980. The molecule has 0 atom stereocenters. The Balaban J connectivity index is 3.02. The molecule has 2 heteroatoms. The Labute approximate surface area is 76.5 Å². The number of carboxylic acid groups (broad SMARTS) is 1. The van der Waals surface area contributed by atoms with Crippen LogP contribution < -0.4 is 0 Å². The summed E-state index contributed by atoms with van der Waals surface area (Å²) >= 11 is 0. The zero-order valence-corrected chi connectivity index (χ0v) is 6.90. The van der Waals surface area contributed by atoms with E-state index < -0.39 is 5.97 Å². The Kier molecular flexibility index (Phi) is 2.88. The van der Waals surface area contributed by atoms with Crippen LogP contribution >= 0.6 is 0 Å². The third-order valence-electron chi connectivity index (χ3n) is 1.52. The second-order valence-corrected chi connectivity index (χ2v) is 2.40. The summed E-state index contributed by atoms with van der Waals surface area (Å²) in [6.07, 6.45) is 7.78. The van der Waals surface area contributed by atoms with Gasteiger partial charge in [-0.1, -0.05) is 24.1 Å². The van der Waals surface area contributed by atoms with E-state index in [4.69, 9.17) is 11.5 Å². The lowest BCUT2D eigenvalue weighted by molar-refractivity contribution is -0.131. The Bertz CT molecular complexity index is 383. The van der Waals surface area contributed by atoms with Crippen LogP contribution in [0.25, 0.3) is 6.08 Å². The molecule has 0 amide bonds. The van der Waals surface area contributed by atoms with E-state index in [-0.39, 0.29) is 0 Å². The molecule has 1 rings (SSSR count). The van der Waals surface area contributed by atoms with Gasteiger partial charge in [-0.15, -0.1) is 6.42 Å². The van der Waals surface area contributed by atoms with Crippen molar-refractivity contribution in [2.24, 2.45) is 0 Å². The lowest BCUT2D eigenvalue weighted by Gasteiger charge is -1.95. The standard InChI is InChI=1S/C11H8O2/c1-2-9-5-3-4-6-10(9)7-8-11(12)13/h1,3-8H,(H,12,13). The maximum atomic E-state index is 10.2. The molecule has 13 heavy (non-hydrogen) atoms. The lowest BCUT2D eigenvalue weighted by Crippen LogP contribution is -1.87. The molecule has 64 valence electrons. The van der Waals surface area contributed by atoms with Gasteiger partial charge in [-0.2, -0.15) is 0 Å². The lowest BCUT2D eigenvalue weighted by atomic mass is 10.1. The maximum absolute atomic E-state index is 10.2. The average Bonchev–Trinajstić information content (AvgIpc) is 2.15. The molecule has 1 N–H and O–H groups in total. The van der Waals surface area contributed by atoms with Crippen molar-refractivity contribution in [1.82, 2.24) is 0 Å². The summed E-state index contributed by atoms with van der Waals surface area (Å²) in [5, 5.41) is 8.40. The highest BCUT2D eigenvalue weighted by atomic mass is 16.4. The van der Waals surface area contributed by atoms with Gasteiger partial charge in [-0.05, 0) is 17.7 Å². The number of hydrogen-bond donors (Lipinski definition) is 1. The van der Waals surface area contributed by atoms with E-state index in [9.17, 15) is 4.79 Å². The minimum Gasteiger partial charge on any atom is -0.478 e. The van der Waals surface area contributed by atoms with Gasteiger partial charge in [0, 0.05) is 11.6 Å². The maximum Gasteiger partial charge on any atom is 0.328 e. The van der Waals surface area contributed by atoms with Crippen molar-refractivity contribution >= 4 is 12.0 Å². The molecule has 0 bridgehead atoms. The topological polar surface area (TPSA) is 37.3 Å². The summed E-state index contributed by atoms with van der Waals surface area (Å²) in [7, 11) is 0. The van der Waals surface area contributed by atoms with Gasteiger partial charge in [0.15, 0.2) is 0 Å². The Morgan fingerprint density at radius 2 is 2.15 bits per heavy atom. The minimum absolute atomic E-state index is 0.694. The van der Waals surface area contributed by atoms with Crippen LogP contribution in [-0.4, -0.2) is 11.1 Å². The second kappa shape index (κ2) is 4.13. The summed E-state index contributed by atoms with van der Waals surface area (Å²) in [6.45, 7) is 0. The molecule has 0 heterocycles. The van der Waals surface area contributed by atoms with Gasteiger partial charge in [-0.3, -0.25) is 0 Å². The van der Waals surface area contributed by atoms with Crippen LogP contribution in [0.5, 0.6) is 0 Å². The first kappa shape index (κ1) is 9.08. The molecule has 0 aliphatic carbocycles. The van der Waals surface area contributed by atoms with Gasteiger partial charge in [0.2, 0.25) is 0 Å². The van der Waals surface area contributed by atoms with Crippen LogP contribution in [0.2, 0.25) is 0 Å². The first-order chi connectivity index (χ1) is 6.24. The predicted octanol–water partition coefficient (Wildman–Crippen LogP) is 1.77. The van der Waals surface area contributed by atoms with E-state index in [0.29, 0.717) is 5.56 Å². The van der Waals surface area contributed by atoms with Crippen molar-refractivity contribution in [3.05, 3.63) is 41.5 Å². The zero-order chi connectivity index (χ0) is 9.68. The molecule has 0 saturated heterocycles. The van der Waals surface area contributed by atoms with Crippen molar-refractivity contribution in [2.75, 3.05) is 0 Å². The molecule has 0 radical (unpaired) electrons. The number of hydrogen-bond acceptors (Lipinski definition) is 1. The fourth-order valence-corrected chi connectivity index (χ4v) is 0.935. The fraction of sp³-hybridized carbons (Fsp3) is 0. The Hall–Kier alpha value is -2.01. The molecular weight excluding hydrogens is 164 g/mol. The normalized spacial score (nSPS) is 9.77. The molecule has 0 saturated carbocycles. The van der Waals surface area contributed by atoms with Gasteiger partial charge < -0.3 is 5.11 Å². The van der Waals surface area contributed by atoms with Crippen molar-refractivity contribution in [1.29, 1.82) is 0 Å². The molecule has 0 spiro atoms. The van der Waals surface area contributed by atoms with Crippen molar-refractivity contribution in [3.63, 3.8) is 0 Å². The molecule has 0 aliphatic rings. The van der Waals surface area contributed by atoms with Crippen LogP contribution in [0.4, 0.5) is 0 Å². The highest BCUT2D eigenvalue weighted by molar-refractivity contribution is 5.85. The van der Waals surface area contributed by atoms with Crippen LogP contribution in [-0.2, 0) is 4.79 Å². The first-order valence-corrected chi connectivity index (χ1v) is 3.70. The molecule has 0 aromatic heterocycles. The smallest absolute Gasteiger partial charge is 0.328 e. The van der Waals surface area contributed by atoms with E-state index in [2.05, 4.69) is 5.92 Å². The summed E-state index contributed by atoms with van der Waals surface area (Å²) in [4.78, 5) is 10.2. The van der Waals surface area contributed by atoms with Crippen molar-refractivity contribution in [3.8, 4) is 12.3 Å². The van der Waals surface area contributed by atoms with E-state index in [0.717, 1.165) is 11.6 Å².